The van der Waals surface area contributed by atoms with Crippen molar-refractivity contribution in [1.82, 2.24) is 0 Å². The molecule has 2 unspecified atom stereocenters. The third-order valence-corrected chi connectivity index (χ3v) is 6.88. The molecule has 1 fully saturated rings. The van der Waals surface area contributed by atoms with Crippen molar-refractivity contribution in [2.75, 3.05) is 0 Å². The summed E-state index contributed by atoms with van der Waals surface area (Å²) in [6, 6.07) is 2.26. The Morgan fingerprint density at radius 1 is 1.24 bits per heavy atom. The molecule has 0 spiro atoms. The van der Waals surface area contributed by atoms with Crippen LogP contribution in [-0.4, -0.2) is 24.7 Å². The molecular weight excluding hydrogens is 335 g/mol. The average molecular weight is 351 g/mol. The van der Waals surface area contributed by atoms with E-state index in [9.17, 15) is 13.2 Å². The van der Waals surface area contributed by atoms with E-state index in [4.69, 9.17) is 28.3 Å². The second kappa shape index (κ2) is 6.15. The molecule has 0 radical (unpaired) electrons. The number of sulfone groups is 1. The summed E-state index contributed by atoms with van der Waals surface area (Å²) >= 11 is 11.8. The molecule has 0 heterocycles. The topological polar surface area (TPSA) is 71.4 Å². The number of aromatic carboxylic acids is 1. The van der Waals surface area contributed by atoms with Crippen LogP contribution in [-0.2, 0) is 9.84 Å². The van der Waals surface area contributed by atoms with Crippen LogP contribution in [0.1, 0.15) is 43.0 Å². The molecule has 21 heavy (non-hydrogen) atoms. The summed E-state index contributed by atoms with van der Waals surface area (Å²) in [4.78, 5) is 11.0. The molecule has 0 aromatic heterocycles. The van der Waals surface area contributed by atoms with Gasteiger partial charge in [-0.25, -0.2) is 13.2 Å². The maximum Gasteiger partial charge on any atom is 0.337 e. The Labute approximate surface area is 134 Å². The van der Waals surface area contributed by atoms with Crippen LogP contribution >= 0.6 is 23.2 Å². The van der Waals surface area contributed by atoms with Gasteiger partial charge < -0.3 is 5.11 Å². The lowest BCUT2D eigenvalue weighted by Crippen LogP contribution is -2.27. The monoisotopic (exact) mass is 350 g/mol. The van der Waals surface area contributed by atoms with Gasteiger partial charge in [-0.3, -0.25) is 0 Å². The molecule has 0 amide bonds. The van der Waals surface area contributed by atoms with Gasteiger partial charge in [0, 0.05) is 0 Å². The van der Waals surface area contributed by atoms with Gasteiger partial charge in [-0.2, -0.15) is 0 Å². The summed E-state index contributed by atoms with van der Waals surface area (Å²) in [5.74, 6) is -0.936. The fourth-order valence-electron chi connectivity index (χ4n) is 2.75. The summed E-state index contributed by atoms with van der Waals surface area (Å²) in [6.45, 7) is 2.02. The molecule has 1 aromatic carbocycles. The van der Waals surface area contributed by atoms with Gasteiger partial charge in [0.05, 0.1) is 25.8 Å². The molecule has 1 aromatic rings. The molecule has 0 aliphatic heterocycles. The van der Waals surface area contributed by atoms with Gasteiger partial charge >= 0.3 is 5.97 Å². The first-order valence-electron chi connectivity index (χ1n) is 6.69. The zero-order chi connectivity index (χ0) is 15.8. The van der Waals surface area contributed by atoms with Crippen molar-refractivity contribution in [2.24, 2.45) is 5.92 Å². The van der Waals surface area contributed by atoms with Crippen LogP contribution in [0.3, 0.4) is 0 Å². The lowest BCUT2D eigenvalue weighted by molar-refractivity contribution is 0.0697. The number of carboxylic acid groups (broad SMARTS) is 1. The lowest BCUT2D eigenvalue weighted by atomic mass is 9.91. The predicted molar refractivity (Wildman–Crippen MR) is 82.0 cm³/mol. The van der Waals surface area contributed by atoms with E-state index in [1.807, 2.05) is 6.92 Å². The first-order valence-corrected chi connectivity index (χ1v) is 9.00. The van der Waals surface area contributed by atoms with Gasteiger partial charge in [0.1, 0.15) is 0 Å². The summed E-state index contributed by atoms with van der Waals surface area (Å²) in [7, 11) is -3.65. The van der Waals surface area contributed by atoms with Crippen LogP contribution in [0, 0.1) is 5.92 Å². The zero-order valence-electron chi connectivity index (χ0n) is 11.5. The quantitative estimate of drug-likeness (QED) is 0.892. The van der Waals surface area contributed by atoms with Crippen molar-refractivity contribution in [3.63, 3.8) is 0 Å². The van der Waals surface area contributed by atoms with Crippen molar-refractivity contribution < 1.29 is 18.3 Å². The van der Waals surface area contributed by atoms with E-state index in [-0.39, 0.29) is 20.5 Å². The molecule has 1 aliphatic carbocycles. The molecule has 2 atom stereocenters. The summed E-state index contributed by atoms with van der Waals surface area (Å²) in [5, 5.41) is 8.47. The normalized spacial score (nSPS) is 23.0. The van der Waals surface area contributed by atoms with E-state index in [2.05, 4.69) is 0 Å². The molecule has 4 nitrogen and oxygen atoms in total. The van der Waals surface area contributed by atoms with Gasteiger partial charge in [0.2, 0.25) is 0 Å². The molecule has 1 saturated carbocycles. The van der Waals surface area contributed by atoms with Gasteiger partial charge in [0.15, 0.2) is 9.84 Å². The molecule has 2 rings (SSSR count). The molecule has 1 N–H and O–H groups in total. The van der Waals surface area contributed by atoms with E-state index < -0.39 is 21.1 Å². The van der Waals surface area contributed by atoms with Crippen molar-refractivity contribution >= 4 is 39.0 Å². The molecule has 1 aliphatic rings. The molecule has 116 valence electrons. The van der Waals surface area contributed by atoms with Crippen molar-refractivity contribution in [3.8, 4) is 0 Å². The minimum Gasteiger partial charge on any atom is -0.478 e. The molecule has 0 bridgehead atoms. The SMILES string of the molecule is CC1CCCC(S(=O)(=O)c2cc(C(=O)O)c(Cl)cc2Cl)C1. The average Bonchev–Trinajstić information content (AvgIpc) is 2.37. The second-order valence-corrected chi connectivity index (χ2v) is 8.52. The number of carbonyl (C=O) groups is 1. The van der Waals surface area contributed by atoms with Gasteiger partial charge in [-0.1, -0.05) is 43.0 Å². The standard InChI is InChI=1S/C14H16Cl2O4S/c1-8-3-2-4-9(5-8)21(19,20)13-6-10(14(17)18)11(15)7-12(13)16/h6-9H,2-5H2,1H3,(H,17,18). The zero-order valence-corrected chi connectivity index (χ0v) is 13.8. The number of hydrogen-bond donors (Lipinski definition) is 1. The van der Waals surface area contributed by atoms with E-state index >= 15 is 0 Å². The minimum absolute atomic E-state index is 0.0248. The Morgan fingerprint density at radius 3 is 2.48 bits per heavy atom. The molecule has 7 heteroatoms. The second-order valence-electron chi connectivity index (χ2n) is 5.51. The third kappa shape index (κ3) is 3.35. The van der Waals surface area contributed by atoms with E-state index in [1.165, 1.54) is 6.07 Å². The van der Waals surface area contributed by atoms with Gasteiger partial charge in [-0.05, 0) is 30.9 Å². The minimum atomic E-state index is -3.65. The number of rotatable bonds is 3. The lowest BCUT2D eigenvalue weighted by Gasteiger charge is -2.27. The predicted octanol–water partition coefficient (Wildman–Crippen LogP) is 4.04. The number of benzene rings is 1. The highest BCUT2D eigenvalue weighted by atomic mass is 35.5. The maximum atomic E-state index is 12.7. The highest BCUT2D eigenvalue weighted by Gasteiger charge is 2.33. The summed E-state index contributed by atoms with van der Waals surface area (Å²) in [5.41, 5.74) is -0.247. The van der Waals surface area contributed by atoms with Crippen molar-refractivity contribution in [3.05, 3.63) is 27.7 Å². The Balaban J connectivity index is 2.49. The van der Waals surface area contributed by atoms with E-state index in [0.717, 1.165) is 18.9 Å². The van der Waals surface area contributed by atoms with Crippen molar-refractivity contribution in [2.45, 2.75) is 42.8 Å². The van der Waals surface area contributed by atoms with Crippen LogP contribution in [0.5, 0.6) is 0 Å². The van der Waals surface area contributed by atoms with Gasteiger partial charge in [0.25, 0.3) is 0 Å². The Kier molecular flexibility index (Phi) is 4.85. The smallest absolute Gasteiger partial charge is 0.337 e. The van der Waals surface area contributed by atoms with Crippen LogP contribution in [0.4, 0.5) is 0 Å². The fourth-order valence-corrected chi connectivity index (χ4v) is 5.57. The maximum absolute atomic E-state index is 12.7. The highest BCUT2D eigenvalue weighted by molar-refractivity contribution is 7.92. The van der Waals surface area contributed by atoms with Gasteiger partial charge in [-0.15, -0.1) is 0 Å². The number of hydrogen-bond acceptors (Lipinski definition) is 3. The van der Waals surface area contributed by atoms with Crippen LogP contribution in [0.15, 0.2) is 17.0 Å². The number of carboxylic acids is 1. The summed E-state index contributed by atoms with van der Waals surface area (Å²) in [6.07, 6.45) is 3.01. The highest BCUT2D eigenvalue weighted by Crippen LogP contribution is 2.36. The van der Waals surface area contributed by atoms with Crippen molar-refractivity contribution in [1.29, 1.82) is 0 Å². The first-order chi connectivity index (χ1) is 9.73. The van der Waals surface area contributed by atoms with Crippen LogP contribution < -0.4 is 0 Å². The van der Waals surface area contributed by atoms with E-state index in [0.29, 0.717) is 18.8 Å². The Hall–Kier alpha value is -0.780. The Morgan fingerprint density at radius 2 is 1.90 bits per heavy atom. The van der Waals surface area contributed by atoms with Crippen LogP contribution in [0.25, 0.3) is 0 Å². The first kappa shape index (κ1) is 16.6. The third-order valence-electron chi connectivity index (χ3n) is 3.89. The Bertz CT molecular complexity index is 670. The largest absolute Gasteiger partial charge is 0.478 e. The molecular formula is C14H16Cl2O4S. The fraction of sp³-hybridized carbons (Fsp3) is 0.500. The number of halogens is 2. The van der Waals surface area contributed by atoms with Crippen LogP contribution in [0.2, 0.25) is 10.0 Å². The van der Waals surface area contributed by atoms with E-state index in [1.54, 1.807) is 0 Å². The molecule has 0 saturated heterocycles. The summed E-state index contributed by atoms with van der Waals surface area (Å²) < 4.78 is 25.4.